The molecule has 4 heterocycles. The van der Waals surface area contributed by atoms with Crippen LogP contribution in [0, 0.1) is 11.2 Å². The zero-order valence-corrected chi connectivity index (χ0v) is 23.7. The van der Waals surface area contributed by atoms with E-state index in [2.05, 4.69) is 21.3 Å². The number of aromatic hydroxyl groups is 1. The van der Waals surface area contributed by atoms with Gasteiger partial charge in [-0.05, 0) is 54.7 Å². The zero-order chi connectivity index (χ0) is 28.6. The van der Waals surface area contributed by atoms with Crippen LogP contribution < -0.4 is 9.80 Å². The molecule has 3 saturated heterocycles. The summed E-state index contributed by atoms with van der Waals surface area (Å²) in [5.41, 5.74) is 0.913. The van der Waals surface area contributed by atoms with E-state index in [-0.39, 0.29) is 33.2 Å². The lowest BCUT2D eigenvalue weighted by Crippen LogP contribution is -2.73. The van der Waals surface area contributed by atoms with Crippen molar-refractivity contribution in [2.75, 3.05) is 63.2 Å². The van der Waals surface area contributed by atoms with Gasteiger partial charge in [-0.3, -0.25) is 4.79 Å². The van der Waals surface area contributed by atoms with E-state index in [1.807, 2.05) is 38.4 Å². The lowest BCUT2D eigenvalue weighted by atomic mass is 9.72. The summed E-state index contributed by atoms with van der Waals surface area (Å²) in [4.78, 5) is 29.8. The third-order valence-electron chi connectivity index (χ3n) is 8.73. The summed E-state index contributed by atoms with van der Waals surface area (Å²) in [7, 11) is 4.08. The number of likely N-dealkylation sites (N-methyl/N-ethyl adjacent to an activating group) is 1. The maximum absolute atomic E-state index is 16.7. The predicted molar refractivity (Wildman–Crippen MR) is 160 cm³/mol. The molecule has 0 unspecified atom stereocenters. The van der Waals surface area contributed by atoms with Gasteiger partial charge >= 0.3 is 0 Å². The van der Waals surface area contributed by atoms with Crippen molar-refractivity contribution in [3.05, 3.63) is 66.0 Å². The average molecular weight is 573 g/mol. The van der Waals surface area contributed by atoms with E-state index in [0.717, 1.165) is 23.9 Å². The topological polar surface area (TPSA) is 76.0 Å². The van der Waals surface area contributed by atoms with Crippen molar-refractivity contribution in [3.63, 3.8) is 0 Å². The number of fused-ring (bicyclic) bond motifs is 2. The Hall–Kier alpha value is -3.95. The van der Waals surface area contributed by atoms with Crippen molar-refractivity contribution in [2.45, 2.75) is 6.04 Å². The molecule has 7 rings (SSSR count). The first-order valence-corrected chi connectivity index (χ1v) is 14.0. The molecule has 1 spiro atoms. The van der Waals surface area contributed by atoms with E-state index < -0.39 is 5.82 Å². The number of amides is 1. The fraction of sp³-hybridized carbons (Fsp3) is 0.323. The normalized spacial score (nSPS) is 18.1. The Bertz CT molecular complexity index is 1740. The fourth-order valence-corrected chi connectivity index (χ4v) is 6.70. The Balaban J connectivity index is 1.33. The van der Waals surface area contributed by atoms with Gasteiger partial charge < -0.3 is 24.7 Å². The van der Waals surface area contributed by atoms with Gasteiger partial charge in [0.05, 0.1) is 5.02 Å². The molecule has 1 N–H and O–H groups in total. The third kappa shape index (κ3) is 4.09. The van der Waals surface area contributed by atoms with Gasteiger partial charge in [-0.25, -0.2) is 9.37 Å². The average Bonchev–Trinajstić information content (AvgIpc) is 2.86. The number of anilines is 2. The van der Waals surface area contributed by atoms with Crippen LogP contribution in [0.3, 0.4) is 0 Å². The molecule has 0 saturated carbocycles. The molecule has 8 nitrogen and oxygen atoms in total. The number of aromatic nitrogens is 2. The van der Waals surface area contributed by atoms with Gasteiger partial charge in [0, 0.05) is 61.7 Å². The molecule has 210 valence electrons. The van der Waals surface area contributed by atoms with Crippen LogP contribution in [0.5, 0.6) is 5.75 Å². The summed E-state index contributed by atoms with van der Waals surface area (Å²) in [5.74, 6) is 0.559. The number of phenolic OH excluding ortho intramolecular Hbond substituents is 1. The van der Waals surface area contributed by atoms with Crippen LogP contribution in [-0.2, 0) is 4.79 Å². The number of carbonyl (C=O) groups excluding carboxylic acids is 1. The summed E-state index contributed by atoms with van der Waals surface area (Å²) in [6, 6.07) is 12.8. The lowest BCUT2D eigenvalue weighted by molar-refractivity contribution is -0.139. The van der Waals surface area contributed by atoms with Crippen molar-refractivity contribution in [3.8, 4) is 16.9 Å². The molecule has 1 amide bonds. The minimum absolute atomic E-state index is 0.00560. The number of halogens is 2. The van der Waals surface area contributed by atoms with Crippen LogP contribution in [0.4, 0.5) is 16.2 Å². The van der Waals surface area contributed by atoms with E-state index in [1.54, 1.807) is 23.1 Å². The Morgan fingerprint density at radius 3 is 2.54 bits per heavy atom. The molecule has 4 aromatic rings. The van der Waals surface area contributed by atoms with Crippen LogP contribution >= 0.6 is 11.6 Å². The largest absolute Gasteiger partial charge is 0.508 e. The first-order valence-electron chi connectivity index (χ1n) is 13.7. The Morgan fingerprint density at radius 2 is 1.83 bits per heavy atom. The third-order valence-corrected chi connectivity index (χ3v) is 9.03. The second kappa shape index (κ2) is 9.29. The number of benzene rings is 3. The molecule has 41 heavy (non-hydrogen) atoms. The van der Waals surface area contributed by atoms with Crippen LogP contribution in [-0.4, -0.2) is 90.2 Å². The van der Waals surface area contributed by atoms with Crippen LogP contribution in [0.1, 0.15) is 0 Å². The summed E-state index contributed by atoms with van der Waals surface area (Å²) < 4.78 is 16.7. The lowest BCUT2D eigenvalue weighted by Gasteiger charge is -2.60. The van der Waals surface area contributed by atoms with Crippen LogP contribution in [0.2, 0.25) is 5.02 Å². The molecule has 3 fully saturated rings. The van der Waals surface area contributed by atoms with E-state index in [0.29, 0.717) is 54.9 Å². The second-order valence-electron chi connectivity index (χ2n) is 11.8. The second-order valence-corrected chi connectivity index (χ2v) is 12.2. The molecule has 3 aliphatic rings. The molecule has 3 aromatic carbocycles. The monoisotopic (exact) mass is 572 g/mol. The Kier molecular flexibility index (Phi) is 5.89. The van der Waals surface area contributed by atoms with E-state index in [1.165, 1.54) is 6.08 Å². The number of carbonyl (C=O) groups is 1. The molecule has 10 heteroatoms. The van der Waals surface area contributed by atoms with Crippen molar-refractivity contribution >= 4 is 50.9 Å². The van der Waals surface area contributed by atoms with Gasteiger partial charge in [-0.2, -0.15) is 4.98 Å². The fourth-order valence-electron chi connectivity index (χ4n) is 6.41. The minimum atomic E-state index is -0.542. The Labute approximate surface area is 242 Å². The molecule has 3 aliphatic heterocycles. The summed E-state index contributed by atoms with van der Waals surface area (Å²) >= 11 is 6.83. The highest BCUT2D eigenvalue weighted by Crippen LogP contribution is 2.46. The maximum atomic E-state index is 16.7. The highest BCUT2D eigenvalue weighted by atomic mass is 35.5. The van der Waals surface area contributed by atoms with Gasteiger partial charge in [0.25, 0.3) is 0 Å². The summed E-state index contributed by atoms with van der Waals surface area (Å²) in [6.45, 7) is 7.84. The van der Waals surface area contributed by atoms with E-state index in [4.69, 9.17) is 21.6 Å². The van der Waals surface area contributed by atoms with Crippen molar-refractivity contribution < 1.29 is 14.3 Å². The highest BCUT2D eigenvalue weighted by Gasteiger charge is 2.53. The molecule has 1 aromatic heterocycles. The quantitative estimate of drug-likeness (QED) is 0.352. The van der Waals surface area contributed by atoms with Gasteiger partial charge in [0.15, 0.2) is 5.82 Å². The molecule has 0 atom stereocenters. The molecular formula is C31H30ClFN6O2. The standard InChI is InChI=1S/C31H30ClFN6O2/c1-4-25(41)38-14-31(15-38)16-39(17-31)29-23-11-24(32)26(22-10-20(40)9-18-7-5-6-8-21(18)22)27(33)28(23)34-30(35-29)37-12-19(13-37)36(2)3/h4-11,19,40H,1,12-17H2,2-3H3. The van der Waals surface area contributed by atoms with Crippen LogP contribution in [0.25, 0.3) is 32.8 Å². The van der Waals surface area contributed by atoms with Gasteiger partial charge in [0.2, 0.25) is 11.9 Å². The summed E-state index contributed by atoms with van der Waals surface area (Å²) in [5, 5.41) is 12.8. The Morgan fingerprint density at radius 1 is 1.10 bits per heavy atom. The summed E-state index contributed by atoms with van der Waals surface area (Å²) in [6.07, 6.45) is 1.35. The number of hydrogen-bond donors (Lipinski definition) is 1. The van der Waals surface area contributed by atoms with Crippen molar-refractivity contribution in [1.29, 1.82) is 0 Å². The van der Waals surface area contributed by atoms with Crippen molar-refractivity contribution in [1.82, 2.24) is 19.8 Å². The smallest absolute Gasteiger partial charge is 0.245 e. The molecule has 0 radical (unpaired) electrons. The zero-order valence-electron chi connectivity index (χ0n) is 22.9. The maximum Gasteiger partial charge on any atom is 0.245 e. The number of hydrogen-bond acceptors (Lipinski definition) is 7. The predicted octanol–water partition coefficient (Wildman–Crippen LogP) is 4.53. The van der Waals surface area contributed by atoms with Gasteiger partial charge in [-0.1, -0.05) is 42.4 Å². The number of rotatable bonds is 5. The number of phenols is 1. The highest BCUT2D eigenvalue weighted by molar-refractivity contribution is 6.35. The van der Waals surface area contributed by atoms with Crippen LogP contribution in [0.15, 0.2) is 55.1 Å². The van der Waals surface area contributed by atoms with Crippen molar-refractivity contribution in [2.24, 2.45) is 5.41 Å². The first kappa shape index (κ1) is 26.0. The first-order chi connectivity index (χ1) is 19.7. The van der Waals surface area contributed by atoms with E-state index >= 15 is 4.39 Å². The SMILES string of the molecule is C=CC(=O)N1CC2(C1)CN(c1nc(N3CC(N(C)C)C3)nc3c(F)c(-c4cc(O)cc5ccccc45)c(Cl)cc13)C2. The number of nitrogens with zero attached hydrogens (tertiary/aromatic N) is 6. The molecule has 0 bridgehead atoms. The van der Waals surface area contributed by atoms with Gasteiger partial charge in [0.1, 0.15) is 17.1 Å². The van der Waals surface area contributed by atoms with E-state index in [9.17, 15) is 9.90 Å². The van der Waals surface area contributed by atoms with Gasteiger partial charge in [-0.15, -0.1) is 0 Å². The molecule has 0 aliphatic carbocycles. The molecular weight excluding hydrogens is 543 g/mol. The number of likely N-dealkylation sites (tertiary alicyclic amines) is 1. The minimum Gasteiger partial charge on any atom is -0.508 e.